The minimum atomic E-state index is 0.931. The molecule has 0 spiro atoms. The molecule has 0 aliphatic heterocycles. The lowest BCUT2D eigenvalue weighted by molar-refractivity contribution is 0.139. The van der Waals surface area contributed by atoms with Crippen LogP contribution in [0, 0.1) is 17.8 Å². The predicted molar refractivity (Wildman–Crippen MR) is 52.2 cm³/mol. The van der Waals surface area contributed by atoms with Crippen molar-refractivity contribution in [2.24, 2.45) is 17.8 Å². The van der Waals surface area contributed by atoms with Gasteiger partial charge < -0.3 is 4.74 Å². The van der Waals surface area contributed by atoms with E-state index in [1.54, 1.807) is 7.11 Å². The second kappa shape index (κ2) is 4.86. The average Bonchev–Trinajstić information content (AvgIpc) is 2.07. The van der Waals surface area contributed by atoms with E-state index in [0.717, 1.165) is 24.4 Å². The topological polar surface area (TPSA) is 9.23 Å². The summed E-state index contributed by atoms with van der Waals surface area (Å²) >= 11 is 0. The van der Waals surface area contributed by atoms with Gasteiger partial charge in [-0.3, -0.25) is 0 Å². The van der Waals surface area contributed by atoms with Crippen LogP contribution in [0.25, 0.3) is 0 Å². The van der Waals surface area contributed by atoms with Gasteiger partial charge in [-0.1, -0.05) is 26.7 Å². The highest BCUT2D eigenvalue weighted by Gasteiger charge is 2.23. The van der Waals surface area contributed by atoms with Gasteiger partial charge in [-0.2, -0.15) is 0 Å². The summed E-state index contributed by atoms with van der Waals surface area (Å²) in [7, 11) is 1.80. The van der Waals surface area contributed by atoms with Gasteiger partial charge >= 0.3 is 0 Å². The lowest BCUT2D eigenvalue weighted by atomic mass is 9.75. The third-order valence-corrected chi connectivity index (χ3v) is 3.44. The van der Waals surface area contributed by atoms with E-state index in [9.17, 15) is 0 Å². The molecule has 0 aromatic rings. The summed E-state index contributed by atoms with van der Waals surface area (Å²) in [5.74, 6) is 2.82. The van der Waals surface area contributed by atoms with E-state index in [-0.39, 0.29) is 0 Å². The van der Waals surface area contributed by atoms with E-state index < -0.39 is 0 Å². The van der Waals surface area contributed by atoms with Gasteiger partial charge in [0.2, 0.25) is 0 Å². The molecule has 1 heteroatoms. The Kier molecular flexibility index (Phi) is 4.07. The molecule has 0 bridgehead atoms. The zero-order valence-corrected chi connectivity index (χ0v) is 8.68. The quantitative estimate of drug-likeness (QED) is 0.632. The molecule has 1 aliphatic carbocycles. The molecule has 0 radical (unpaired) electrons. The first-order chi connectivity index (χ1) is 5.74. The van der Waals surface area contributed by atoms with Crippen LogP contribution in [-0.4, -0.2) is 13.7 Å². The van der Waals surface area contributed by atoms with Crippen LogP contribution in [0.5, 0.6) is 0 Å². The molecule has 0 N–H and O–H groups in total. The maximum atomic E-state index is 5.11. The van der Waals surface area contributed by atoms with Crippen LogP contribution >= 0.6 is 0 Å². The van der Waals surface area contributed by atoms with Crippen LogP contribution in [0.4, 0.5) is 0 Å². The Morgan fingerprint density at radius 3 is 2.50 bits per heavy atom. The van der Waals surface area contributed by atoms with Crippen LogP contribution in [0.1, 0.15) is 39.5 Å². The van der Waals surface area contributed by atoms with Crippen LogP contribution in [0.15, 0.2) is 0 Å². The second-order valence-corrected chi connectivity index (χ2v) is 4.42. The molecule has 0 amide bonds. The van der Waals surface area contributed by atoms with Crippen molar-refractivity contribution in [1.29, 1.82) is 0 Å². The van der Waals surface area contributed by atoms with Gasteiger partial charge in [0.05, 0.1) is 0 Å². The fourth-order valence-corrected chi connectivity index (χ4v) is 2.21. The highest BCUT2D eigenvalue weighted by atomic mass is 16.5. The molecular formula is C11H22O. The Labute approximate surface area is 76.5 Å². The summed E-state index contributed by atoms with van der Waals surface area (Å²) in [5.41, 5.74) is 0. The molecule has 0 aromatic heterocycles. The van der Waals surface area contributed by atoms with Crippen molar-refractivity contribution < 1.29 is 4.74 Å². The highest BCUT2D eigenvalue weighted by Crippen LogP contribution is 2.34. The smallest absolute Gasteiger partial charge is 0.0464 e. The third-order valence-electron chi connectivity index (χ3n) is 3.44. The maximum Gasteiger partial charge on any atom is 0.0464 e. The molecule has 1 rings (SSSR count). The van der Waals surface area contributed by atoms with Gasteiger partial charge in [-0.15, -0.1) is 0 Å². The first-order valence-corrected chi connectivity index (χ1v) is 5.23. The third kappa shape index (κ3) is 2.78. The molecule has 0 saturated heterocycles. The van der Waals surface area contributed by atoms with Gasteiger partial charge in [0.1, 0.15) is 0 Å². The zero-order valence-electron chi connectivity index (χ0n) is 8.68. The molecule has 1 nitrogen and oxygen atoms in total. The van der Waals surface area contributed by atoms with Gasteiger partial charge in [-0.05, 0) is 30.6 Å². The standard InChI is InChI=1S/C11H22O/c1-9-4-5-11(6-7-12-3)8-10(9)2/h9-11H,4-8H2,1-3H3. The highest BCUT2D eigenvalue weighted by molar-refractivity contribution is 4.74. The van der Waals surface area contributed by atoms with Crippen LogP contribution in [-0.2, 0) is 4.74 Å². The van der Waals surface area contributed by atoms with Crippen molar-refractivity contribution in [3.63, 3.8) is 0 Å². The zero-order chi connectivity index (χ0) is 8.97. The first kappa shape index (κ1) is 10.0. The summed E-state index contributed by atoms with van der Waals surface area (Å²) in [5, 5.41) is 0. The van der Waals surface area contributed by atoms with E-state index in [2.05, 4.69) is 13.8 Å². The molecule has 12 heavy (non-hydrogen) atoms. The molecule has 3 unspecified atom stereocenters. The monoisotopic (exact) mass is 170 g/mol. The second-order valence-electron chi connectivity index (χ2n) is 4.42. The number of methoxy groups -OCH3 is 1. The summed E-state index contributed by atoms with van der Waals surface area (Å²) in [6.45, 7) is 5.73. The van der Waals surface area contributed by atoms with Crippen molar-refractivity contribution in [1.82, 2.24) is 0 Å². The molecule has 1 fully saturated rings. The fraction of sp³-hybridized carbons (Fsp3) is 1.00. The van der Waals surface area contributed by atoms with Crippen molar-refractivity contribution in [3.05, 3.63) is 0 Å². The number of hydrogen-bond acceptors (Lipinski definition) is 1. The van der Waals surface area contributed by atoms with E-state index in [0.29, 0.717) is 0 Å². The molecule has 1 saturated carbocycles. The normalized spacial score (nSPS) is 36.8. The number of ether oxygens (including phenoxy) is 1. The minimum Gasteiger partial charge on any atom is -0.385 e. The Hall–Kier alpha value is -0.0400. The molecule has 0 heterocycles. The predicted octanol–water partition coefficient (Wildman–Crippen LogP) is 3.10. The summed E-state index contributed by atoms with van der Waals surface area (Å²) in [4.78, 5) is 0. The van der Waals surface area contributed by atoms with Gasteiger partial charge in [-0.25, -0.2) is 0 Å². The van der Waals surface area contributed by atoms with Crippen molar-refractivity contribution >= 4 is 0 Å². The molecular weight excluding hydrogens is 148 g/mol. The van der Waals surface area contributed by atoms with Crippen LogP contribution in [0.2, 0.25) is 0 Å². The summed E-state index contributed by atoms with van der Waals surface area (Å²) < 4.78 is 5.11. The first-order valence-electron chi connectivity index (χ1n) is 5.23. The minimum absolute atomic E-state index is 0.931. The molecule has 0 aromatic carbocycles. The Morgan fingerprint density at radius 2 is 1.92 bits per heavy atom. The number of rotatable bonds is 3. The van der Waals surface area contributed by atoms with Crippen molar-refractivity contribution in [2.75, 3.05) is 13.7 Å². The largest absolute Gasteiger partial charge is 0.385 e. The van der Waals surface area contributed by atoms with Crippen molar-refractivity contribution in [3.8, 4) is 0 Å². The summed E-state index contributed by atoms with van der Waals surface area (Å²) in [6, 6.07) is 0. The summed E-state index contributed by atoms with van der Waals surface area (Å²) in [6.07, 6.45) is 5.54. The van der Waals surface area contributed by atoms with Crippen LogP contribution < -0.4 is 0 Å². The van der Waals surface area contributed by atoms with Gasteiger partial charge in [0, 0.05) is 13.7 Å². The fourth-order valence-electron chi connectivity index (χ4n) is 2.21. The van der Waals surface area contributed by atoms with Crippen LogP contribution in [0.3, 0.4) is 0 Å². The van der Waals surface area contributed by atoms with Crippen molar-refractivity contribution in [2.45, 2.75) is 39.5 Å². The van der Waals surface area contributed by atoms with E-state index in [1.165, 1.54) is 25.7 Å². The average molecular weight is 170 g/mol. The molecule has 72 valence electrons. The SMILES string of the molecule is COCCC1CCC(C)C(C)C1. The Bertz CT molecular complexity index is 120. The maximum absolute atomic E-state index is 5.11. The van der Waals surface area contributed by atoms with E-state index in [4.69, 9.17) is 4.74 Å². The van der Waals surface area contributed by atoms with E-state index >= 15 is 0 Å². The Morgan fingerprint density at radius 1 is 1.17 bits per heavy atom. The number of hydrogen-bond donors (Lipinski definition) is 0. The van der Waals surface area contributed by atoms with E-state index in [1.807, 2.05) is 0 Å². The van der Waals surface area contributed by atoms with Gasteiger partial charge in [0.15, 0.2) is 0 Å². The Balaban J connectivity index is 2.21. The van der Waals surface area contributed by atoms with Gasteiger partial charge in [0.25, 0.3) is 0 Å². The lowest BCUT2D eigenvalue weighted by Gasteiger charge is -2.31. The lowest BCUT2D eigenvalue weighted by Crippen LogP contribution is -2.21. The molecule has 1 aliphatic rings. The molecule has 3 atom stereocenters.